The predicted molar refractivity (Wildman–Crippen MR) is 98.6 cm³/mol. The van der Waals surface area contributed by atoms with Crippen LogP contribution in [0.1, 0.15) is 17.7 Å². The lowest BCUT2D eigenvalue weighted by Gasteiger charge is -2.27. The first kappa shape index (κ1) is 18.8. The Hall–Kier alpha value is -1.94. The Kier molecular flexibility index (Phi) is 5.33. The van der Waals surface area contributed by atoms with Crippen molar-refractivity contribution in [2.24, 2.45) is 5.92 Å². The van der Waals surface area contributed by atoms with Gasteiger partial charge in [-0.2, -0.15) is 0 Å². The number of carbonyl (C=O) groups excluding carboxylic acids is 1. The fourth-order valence-electron chi connectivity index (χ4n) is 2.69. The highest BCUT2D eigenvalue weighted by molar-refractivity contribution is 7.89. The molecule has 3 rings (SSSR count). The number of methoxy groups -OCH3 is 1. The quantitative estimate of drug-likeness (QED) is 0.667. The second-order valence-electron chi connectivity index (χ2n) is 6.14. The lowest BCUT2D eigenvalue weighted by atomic mass is 9.96. The standard InChI is InChI=1S/C17H20N2O5S2/c1-24-16(20)19-13-6-8-14(9-7-13)26(22,23)18-11-17(21,12-4-5-12)15-3-2-10-25-15/h2-3,6-10,12,18,21H,4-5,11H2,1H3,(H,19,20). The number of hydrogen-bond donors (Lipinski definition) is 3. The van der Waals surface area contributed by atoms with Crippen LogP contribution >= 0.6 is 11.3 Å². The molecule has 1 aromatic heterocycles. The molecule has 140 valence electrons. The largest absolute Gasteiger partial charge is 0.453 e. The Morgan fingerprint density at radius 3 is 2.54 bits per heavy atom. The maximum atomic E-state index is 12.6. The highest BCUT2D eigenvalue weighted by Gasteiger charge is 2.46. The molecule has 1 aliphatic rings. The minimum atomic E-state index is -3.79. The molecule has 1 atom stereocenters. The highest BCUT2D eigenvalue weighted by Crippen LogP contribution is 2.46. The summed E-state index contributed by atoms with van der Waals surface area (Å²) in [5, 5.41) is 15.3. The van der Waals surface area contributed by atoms with Gasteiger partial charge in [-0.05, 0) is 54.5 Å². The van der Waals surface area contributed by atoms with Crippen molar-refractivity contribution in [1.29, 1.82) is 0 Å². The van der Waals surface area contributed by atoms with E-state index in [4.69, 9.17) is 0 Å². The van der Waals surface area contributed by atoms with Gasteiger partial charge >= 0.3 is 6.09 Å². The summed E-state index contributed by atoms with van der Waals surface area (Å²) in [5.74, 6) is 0.0653. The molecule has 1 amide bonds. The molecule has 1 fully saturated rings. The van der Waals surface area contributed by atoms with Gasteiger partial charge in [0.1, 0.15) is 5.60 Å². The SMILES string of the molecule is COC(=O)Nc1ccc(S(=O)(=O)NCC(O)(c2cccs2)C2CC2)cc1. The van der Waals surface area contributed by atoms with Crippen LogP contribution in [-0.2, 0) is 20.4 Å². The van der Waals surface area contributed by atoms with Gasteiger partial charge in [0.15, 0.2) is 0 Å². The number of anilines is 1. The molecule has 0 radical (unpaired) electrons. The lowest BCUT2D eigenvalue weighted by molar-refractivity contribution is 0.0222. The van der Waals surface area contributed by atoms with Gasteiger partial charge in [-0.1, -0.05) is 6.07 Å². The summed E-state index contributed by atoms with van der Waals surface area (Å²) in [5.41, 5.74) is -0.767. The van der Waals surface area contributed by atoms with Crippen LogP contribution in [0.15, 0.2) is 46.7 Å². The third-order valence-electron chi connectivity index (χ3n) is 4.33. The van der Waals surface area contributed by atoms with Gasteiger partial charge in [-0.25, -0.2) is 17.9 Å². The molecule has 0 aliphatic heterocycles. The van der Waals surface area contributed by atoms with Crippen LogP contribution in [0.4, 0.5) is 10.5 Å². The Balaban J connectivity index is 1.71. The molecule has 2 aromatic rings. The number of ether oxygens (including phenoxy) is 1. The molecule has 0 saturated heterocycles. The maximum absolute atomic E-state index is 12.6. The first-order valence-electron chi connectivity index (χ1n) is 8.06. The molecule has 7 nitrogen and oxygen atoms in total. The Labute approximate surface area is 156 Å². The number of nitrogens with one attached hydrogen (secondary N) is 2. The van der Waals surface area contributed by atoms with Gasteiger partial charge in [-0.15, -0.1) is 11.3 Å². The van der Waals surface area contributed by atoms with Crippen LogP contribution in [0.5, 0.6) is 0 Å². The minimum Gasteiger partial charge on any atom is -0.453 e. The summed E-state index contributed by atoms with van der Waals surface area (Å²) in [7, 11) is -2.55. The molecular formula is C17H20N2O5S2. The average molecular weight is 396 g/mol. The third kappa shape index (κ3) is 4.07. The van der Waals surface area contributed by atoms with Gasteiger partial charge in [0, 0.05) is 17.1 Å². The second kappa shape index (κ2) is 7.36. The summed E-state index contributed by atoms with van der Waals surface area (Å²) in [4.78, 5) is 12.0. The fraction of sp³-hybridized carbons (Fsp3) is 0.353. The van der Waals surface area contributed by atoms with E-state index in [9.17, 15) is 18.3 Å². The van der Waals surface area contributed by atoms with Crippen LogP contribution < -0.4 is 10.0 Å². The molecule has 0 bridgehead atoms. The zero-order valence-corrected chi connectivity index (χ0v) is 15.8. The van der Waals surface area contributed by atoms with Crippen molar-refractivity contribution in [2.45, 2.75) is 23.3 Å². The molecule has 0 spiro atoms. The van der Waals surface area contributed by atoms with E-state index in [2.05, 4.69) is 14.8 Å². The topological polar surface area (TPSA) is 105 Å². The number of sulfonamides is 1. The molecule has 1 heterocycles. The van der Waals surface area contributed by atoms with E-state index in [-0.39, 0.29) is 17.4 Å². The van der Waals surface area contributed by atoms with Gasteiger partial charge in [0.25, 0.3) is 0 Å². The number of amides is 1. The molecule has 1 saturated carbocycles. The van der Waals surface area contributed by atoms with Crippen molar-refractivity contribution in [2.75, 3.05) is 19.0 Å². The van der Waals surface area contributed by atoms with Gasteiger partial charge in [0.2, 0.25) is 10.0 Å². The average Bonchev–Trinajstić information content (AvgIpc) is 3.35. The van der Waals surface area contributed by atoms with Gasteiger partial charge in [-0.3, -0.25) is 5.32 Å². The molecule has 3 N–H and O–H groups in total. The van der Waals surface area contributed by atoms with Crippen LogP contribution in [0.3, 0.4) is 0 Å². The van der Waals surface area contributed by atoms with Crippen LogP contribution in [0, 0.1) is 5.92 Å². The summed E-state index contributed by atoms with van der Waals surface area (Å²) < 4.78 is 32.1. The number of benzene rings is 1. The fourth-order valence-corrected chi connectivity index (χ4v) is 4.67. The van der Waals surface area contributed by atoms with E-state index < -0.39 is 21.7 Å². The zero-order chi connectivity index (χ0) is 18.8. The molecule has 1 aliphatic carbocycles. The number of carbonyl (C=O) groups is 1. The molecular weight excluding hydrogens is 376 g/mol. The first-order valence-corrected chi connectivity index (χ1v) is 10.4. The number of thiophene rings is 1. The predicted octanol–water partition coefficient (Wildman–Crippen LogP) is 2.50. The third-order valence-corrected chi connectivity index (χ3v) is 6.78. The Morgan fingerprint density at radius 2 is 2.00 bits per heavy atom. The van der Waals surface area contributed by atoms with E-state index in [0.717, 1.165) is 17.7 Å². The van der Waals surface area contributed by atoms with E-state index in [1.54, 1.807) is 0 Å². The van der Waals surface area contributed by atoms with Crippen molar-refractivity contribution < 1.29 is 23.1 Å². The van der Waals surface area contributed by atoms with Crippen molar-refractivity contribution in [1.82, 2.24) is 4.72 Å². The maximum Gasteiger partial charge on any atom is 0.411 e. The number of aliphatic hydroxyl groups is 1. The lowest BCUT2D eigenvalue weighted by Crippen LogP contribution is -2.41. The van der Waals surface area contributed by atoms with Crippen LogP contribution in [-0.4, -0.2) is 33.3 Å². The summed E-state index contributed by atoms with van der Waals surface area (Å²) in [6, 6.07) is 9.37. The van der Waals surface area contributed by atoms with Gasteiger partial charge in [0.05, 0.1) is 12.0 Å². The molecule has 1 unspecified atom stereocenters. The van der Waals surface area contributed by atoms with Gasteiger partial charge < -0.3 is 9.84 Å². The van der Waals surface area contributed by atoms with Crippen LogP contribution in [0.25, 0.3) is 0 Å². The monoisotopic (exact) mass is 396 g/mol. The molecule has 26 heavy (non-hydrogen) atoms. The zero-order valence-electron chi connectivity index (χ0n) is 14.1. The molecule has 9 heteroatoms. The van der Waals surface area contributed by atoms with E-state index >= 15 is 0 Å². The van der Waals surface area contributed by atoms with E-state index in [1.165, 1.54) is 42.7 Å². The minimum absolute atomic E-state index is 0.0530. The Bertz CT molecular complexity index is 861. The summed E-state index contributed by atoms with van der Waals surface area (Å²) >= 11 is 1.42. The van der Waals surface area contributed by atoms with Crippen molar-refractivity contribution in [3.63, 3.8) is 0 Å². The normalized spacial score (nSPS) is 16.7. The summed E-state index contributed by atoms with van der Waals surface area (Å²) in [6.45, 7) is -0.0807. The van der Waals surface area contributed by atoms with E-state index in [0.29, 0.717) is 5.69 Å². The van der Waals surface area contributed by atoms with Crippen molar-refractivity contribution >= 4 is 33.1 Å². The number of rotatable bonds is 7. The number of hydrogen-bond acceptors (Lipinski definition) is 6. The molecule has 1 aromatic carbocycles. The van der Waals surface area contributed by atoms with Crippen molar-refractivity contribution in [3.8, 4) is 0 Å². The second-order valence-corrected chi connectivity index (χ2v) is 8.86. The Morgan fingerprint density at radius 1 is 1.31 bits per heavy atom. The van der Waals surface area contributed by atoms with Crippen LogP contribution in [0.2, 0.25) is 0 Å². The smallest absolute Gasteiger partial charge is 0.411 e. The summed E-state index contributed by atoms with van der Waals surface area (Å²) in [6.07, 6.45) is 1.12. The van der Waals surface area contributed by atoms with Crippen molar-refractivity contribution in [3.05, 3.63) is 46.7 Å². The first-order chi connectivity index (χ1) is 12.3. The van der Waals surface area contributed by atoms with E-state index in [1.807, 2.05) is 17.5 Å². The highest BCUT2D eigenvalue weighted by atomic mass is 32.2.